The van der Waals surface area contributed by atoms with Gasteiger partial charge in [-0.1, -0.05) is 6.07 Å². The van der Waals surface area contributed by atoms with Gasteiger partial charge in [-0.25, -0.2) is 8.78 Å². The first-order chi connectivity index (χ1) is 9.63. The average Bonchev–Trinajstić information content (AvgIpc) is 2.86. The number of rotatable bonds is 3. The molecule has 0 aromatic heterocycles. The monoisotopic (exact) mass is 278 g/mol. The van der Waals surface area contributed by atoms with Gasteiger partial charge < -0.3 is 0 Å². The van der Waals surface area contributed by atoms with E-state index in [0.29, 0.717) is 23.3 Å². The van der Waals surface area contributed by atoms with Crippen LogP contribution in [0.25, 0.3) is 0 Å². The minimum atomic E-state index is -0.478. The Labute approximate surface area is 117 Å². The maximum absolute atomic E-state index is 14.3. The van der Waals surface area contributed by atoms with Crippen molar-refractivity contribution in [3.8, 4) is 0 Å². The molecule has 20 heavy (non-hydrogen) atoms. The molecule has 0 spiro atoms. The van der Waals surface area contributed by atoms with E-state index in [9.17, 15) is 8.78 Å². The minimum absolute atomic E-state index is 0.145. The summed E-state index contributed by atoms with van der Waals surface area (Å²) in [7, 11) is 0. The lowest BCUT2D eigenvalue weighted by atomic mass is 9.92. The summed E-state index contributed by atoms with van der Waals surface area (Å²) < 4.78 is 28.4. The highest BCUT2D eigenvalue weighted by Crippen LogP contribution is 2.72. The van der Waals surface area contributed by atoms with Gasteiger partial charge in [0.2, 0.25) is 0 Å². The van der Waals surface area contributed by atoms with Crippen LogP contribution in [0.5, 0.6) is 0 Å². The van der Waals surface area contributed by atoms with Crippen LogP contribution in [0, 0.1) is 48.1 Å². The summed E-state index contributed by atoms with van der Waals surface area (Å²) in [6.07, 6.45) is 3.90. The van der Waals surface area contributed by atoms with E-state index in [1.165, 1.54) is 31.4 Å². The van der Waals surface area contributed by atoms with Crippen LogP contribution in [0.15, 0.2) is 12.1 Å². The molecule has 2 nitrogen and oxygen atoms in total. The van der Waals surface area contributed by atoms with Gasteiger partial charge in [0, 0.05) is 5.56 Å². The maximum atomic E-state index is 14.3. The number of benzene rings is 1. The van der Waals surface area contributed by atoms with Crippen molar-refractivity contribution in [2.45, 2.75) is 32.2 Å². The lowest BCUT2D eigenvalue weighted by Crippen LogP contribution is -2.33. The van der Waals surface area contributed by atoms with E-state index in [1.54, 1.807) is 6.92 Å². The molecule has 4 rings (SSSR count). The maximum Gasteiger partial charge on any atom is 0.133 e. The van der Waals surface area contributed by atoms with Crippen LogP contribution in [-0.2, 0) is 0 Å². The first-order valence-electron chi connectivity index (χ1n) is 7.54. The van der Waals surface area contributed by atoms with Crippen LogP contribution in [0.1, 0.15) is 36.4 Å². The van der Waals surface area contributed by atoms with Crippen molar-refractivity contribution in [3.63, 3.8) is 0 Å². The zero-order valence-electron chi connectivity index (χ0n) is 11.6. The fourth-order valence-electron chi connectivity index (χ4n) is 5.19. The molecule has 3 N–H and O–H groups in total. The Hall–Kier alpha value is -1.00. The number of nitrogens with one attached hydrogen (secondary N) is 1. The van der Waals surface area contributed by atoms with Crippen molar-refractivity contribution in [1.82, 2.24) is 5.43 Å². The largest absolute Gasteiger partial charge is 0.271 e. The molecule has 0 aliphatic heterocycles. The van der Waals surface area contributed by atoms with Crippen molar-refractivity contribution in [3.05, 3.63) is 34.9 Å². The molecule has 2 bridgehead atoms. The van der Waals surface area contributed by atoms with Gasteiger partial charge in [-0.2, -0.15) is 0 Å². The number of aryl methyl sites for hydroxylation is 1. The molecule has 5 atom stereocenters. The van der Waals surface area contributed by atoms with Crippen molar-refractivity contribution < 1.29 is 8.78 Å². The Morgan fingerprint density at radius 2 is 1.85 bits per heavy atom. The summed E-state index contributed by atoms with van der Waals surface area (Å²) in [6, 6.07) is 2.46. The molecule has 108 valence electrons. The van der Waals surface area contributed by atoms with E-state index in [2.05, 4.69) is 5.43 Å². The van der Waals surface area contributed by atoms with E-state index in [4.69, 9.17) is 5.84 Å². The number of fused-ring (bicyclic) bond motifs is 5. The zero-order chi connectivity index (χ0) is 14.0. The van der Waals surface area contributed by atoms with E-state index in [0.717, 1.165) is 11.8 Å². The lowest BCUT2D eigenvalue weighted by Gasteiger charge is -2.22. The summed E-state index contributed by atoms with van der Waals surface area (Å²) in [5, 5.41) is 0. The van der Waals surface area contributed by atoms with Crippen molar-refractivity contribution in [1.29, 1.82) is 0 Å². The van der Waals surface area contributed by atoms with Gasteiger partial charge in [0.25, 0.3) is 0 Å². The molecule has 0 heterocycles. The SMILES string of the molecule is Cc1ccc(F)c(C(NN)C2C3C4CCC(C4)C32)c1F. The topological polar surface area (TPSA) is 38.0 Å². The fraction of sp³-hybridized carbons (Fsp3) is 0.625. The molecule has 4 heteroatoms. The number of hydrazine groups is 1. The van der Waals surface area contributed by atoms with Crippen molar-refractivity contribution in [2.75, 3.05) is 0 Å². The molecule has 3 fully saturated rings. The molecular weight excluding hydrogens is 258 g/mol. The smallest absolute Gasteiger partial charge is 0.133 e. The summed E-state index contributed by atoms with van der Waals surface area (Å²) >= 11 is 0. The van der Waals surface area contributed by atoms with E-state index in [1.807, 2.05) is 0 Å². The van der Waals surface area contributed by atoms with Gasteiger partial charge in [0.05, 0.1) is 6.04 Å². The zero-order valence-corrected chi connectivity index (χ0v) is 11.6. The van der Waals surface area contributed by atoms with Crippen molar-refractivity contribution >= 4 is 0 Å². The van der Waals surface area contributed by atoms with E-state index >= 15 is 0 Å². The first-order valence-corrected chi connectivity index (χ1v) is 7.54. The van der Waals surface area contributed by atoms with Gasteiger partial charge in [0.15, 0.2) is 0 Å². The van der Waals surface area contributed by atoms with Crippen LogP contribution in [0.2, 0.25) is 0 Å². The molecule has 0 saturated heterocycles. The summed E-state index contributed by atoms with van der Waals surface area (Å²) in [4.78, 5) is 0. The minimum Gasteiger partial charge on any atom is -0.271 e. The van der Waals surface area contributed by atoms with Crippen LogP contribution < -0.4 is 11.3 Å². The molecule has 0 radical (unpaired) electrons. The summed E-state index contributed by atoms with van der Waals surface area (Å²) in [5.41, 5.74) is 3.33. The first kappa shape index (κ1) is 12.7. The number of hydrogen-bond donors (Lipinski definition) is 2. The second kappa shape index (κ2) is 4.25. The predicted molar refractivity (Wildman–Crippen MR) is 72.5 cm³/mol. The summed E-state index contributed by atoms with van der Waals surface area (Å²) in [5.74, 6) is 7.86. The van der Waals surface area contributed by atoms with Gasteiger partial charge in [-0.15, -0.1) is 0 Å². The van der Waals surface area contributed by atoms with Crippen LogP contribution in [0.4, 0.5) is 8.78 Å². The normalized spacial score (nSPS) is 38.9. The predicted octanol–water partition coefficient (Wildman–Crippen LogP) is 3.07. The average molecular weight is 278 g/mol. The van der Waals surface area contributed by atoms with E-state index in [-0.39, 0.29) is 11.6 Å². The molecule has 1 aromatic carbocycles. The number of halogens is 2. The molecule has 3 saturated carbocycles. The van der Waals surface area contributed by atoms with Crippen molar-refractivity contribution in [2.24, 2.45) is 35.4 Å². The van der Waals surface area contributed by atoms with Crippen LogP contribution in [-0.4, -0.2) is 0 Å². The Morgan fingerprint density at radius 1 is 1.20 bits per heavy atom. The quantitative estimate of drug-likeness (QED) is 0.658. The molecule has 1 aromatic rings. The van der Waals surface area contributed by atoms with Gasteiger partial charge in [-0.05, 0) is 67.4 Å². The molecular formula is C16H20F2N2. The third-order valence-electron chi connectivity index (χ3n) is 5.99. The second-order valence-electron chi connectivity index (χ2n) is 6.80. The van der Waals surface area contributed by atoms with Crippen LogP contribution >= 0.6 is 0 Å². The Balaban J connectivity index is 1.69. The standard InChI is InChI=1S/C16H20F2N2/c1-7-2-5-10(17)13(15(7)18)16(20-19)14-11-8-3-4-9(6-8)12(11)14/h2,5,8-9,11-12,14,16,20H,3-4,6,19H2,1H3. The highest BCUT2D eigenvalue weighted by Gasteiger charge is 2.67. The van der Waals surface area contributed by atoms with Gasteiger partial charge in [0.1, 0.15) is 11.6 Å². The third-order valence-corrected chi connectivity index (χ3v) is 5.99. The van der Waals surface area contributed by atoms with Crippen LogP contribution in [0.3, 0.4) is 0 Å². The van der Waals surface area contributed by atoms with Gasteiger partial charge >= 0.3 is 0 Å². The van der Waals surface area contributed by atoms with E-state index < -0.39 is 11.6 Å². The highest BCUT2D eigenvalue weighted by atomic mass is 19.1. The molecule has 5 unspecified atom stereocenters. The Kier molecular flexibility index (Phi) is 2.70. The van der Waals surface area contributed by atoms with Gasteiger partial charge in [-0.3, -0.25) is 11.3 Å². The number of hydrogen-bond acceptors (Lipinski definition) is 2. The fourth-order valence-corrected chi connectivity index (χ4v) is 5.19. The highest BCUT2D eigenvalue weighted by molar-refractivity contribution is 5.32. The molecule has 0 amide bonds. The summed E-state index contributed by atoms with van der Waals surface area (Å²) in [6.45, 7) is 1.67. The molecule has 3 aliphatic carbocycles. The molecule has 3 aliphatic rings. The third kappa shape index (κ3) is 1.55. The Bertz CT molecular complexity index is 544. The Morgan fingerprint density at radius 3 is 2.45 bits per heavy atom. The lowest BCUT2D eigenvalue weighted by molar-refractivity contribution is 0.355. The second-order valence-corrected chi connectivity index (χ2v) is 6.80. The number of nitrogens with two attached hydrogens (primary N) is 1.